The van der Waals surface area contributed by atoms with Crippen LogP contribution < -0.4 is 10.1 Å². The Morgan fingerprint density at radius 3 is 2.58 bits per heavy atom. The smallest absolute Gasteiger partial charge is 0.258 e. The van der Waals surface area contributed by atoms with Crippen LogP contribution in [0.25, 0.3) is 22.5 Å². The van der Waals surface area contributed by atoms with Gasteiger partial charge in [-0.25, -0.2) is 4.68 Å². The number of pyridine rings is 1. The molecule has 4 rings (SSSR count). The molecule has 3 aromatic heterocycles. The van der Waals surface area contributed by atoms with Gasteiger partial charge in [-0.15, -0.1) is 0 Å². The number of hydrogen-bond donors (Lipinski definition) is 1. The molecule has 0 aliphatic heterocycles. The molecule has 4 aromatic rings. The highest BCUT2D eigenvalue weighted by molar-refractivity contribution is 5.93. The second-order valence-corrected chi connectivity index (χ2v) is 7.87. The van der Waals surface area contributed by atoms with Crippen LogP contribution in [0, 0.1) is 20.8 Å². The van der Waals surface area contributed by atoms with Crippen molar-refractivity contribution in [3.05, 3.63) is 64.9 Å². The lowest BCUT2D eigenvalue weighted by Crippen LogP contribution is -2.31. The van der Waals surface area contributed by atoms with E-state index in [4.69, 9.17) is 9.15 Å². The van der Waals surface area contributed by atoms with Crippen molar-refractivity contribution in [1.29, 1.82) is 0 Å². The molecule has 0 saturated heterocycles. The fraction of sp³-hybridized carbons (Fsp3) is 0.292. The van der Waals surface area contributed by atoms with Crippen LogP contribution in [0.15, 0.2) is 47.1 Å². The van der Waals surface area contributed by atoms with Crippen LogP contribution in [-0.2, 0) is 11.8 Å². The average molecular weight is 418 g/mol. The van der Waals surface area contributed by atoms with Gasteiger partial charge in [0, 0.05) is 13.1 Å². The Morgan fingerprint density at radius 2 is 1.90 bits per heavy atom. The van der Waals surface area contributed by atoms with Gasteiger partial charge in [-0.1, -0.05) is 29.8 Å². The first-order chi connectivity index (χ1) is 14.8. The summed E-state index contributed by atoms with van der Waals surface area (Å²) in [6.07, 6.45) is 1.65. The molecule has 0 spiro atoms. The standard InChI is InChI=1S/C24H26N4O3/c1-14-6-8-18(9-7-14)17(4)25-19(29)13-31-20-12-16(3)21-22(23-15(2)10-11-30-23)27-28(5)24(21)26-20/h6-12,17H,13H2,1-5H3,(H,25,29)/t17-/m0/s1. The van der Waals surface area contributed by atoms with Crippen molar-refractivity contribution in [1.82, 2.24) is 20.1 Å². The van der Waals surface area contributed by atoms with Crippen molar-refractivity contribution in [2.45, 2.75) is 33.7 Å². The van der Waals surface area contributed by atoms with Gasteiger partial charge in [0.15, 0.2) is 18.0 Å². The van der Waals surface area contributed by atoms with E-state index in [1.807, 2.05) is 71.1 Å². The number of hydrogen-bond acceptors (Lipinski definition) is 5. The van der Waals surface area contributed by atoms with Crippen LogP contribution in [0.2, 0.25) is 0 Å². The summed E-state index contributed by atoms with van der Waals surface area (Å²) in [6, 6.07) is 11.7. The minimum atomic E-state index is -0.204. The van der Waals surface area contributed by atoms with E-state index in [0.29, 0.717) is 11.5 Å². The maximum Gasteiger partial charge on any atom is 0.258 e. The Balaban J connectivity index is 1.49. The summed E-state index contributed by atoms with van der Waals surface area (Å²) in [5, 5.41) is 8.46. The van der Waals surface area contributed by atoms with Crippen molar-refractivity contribution in [2.24, 2.45) is 7.05 Å². The molecule has 0 unspecified atom stereocenters. The van der Waals surface area contributed by atoms with E-state index < -0.39 is 0 Å². The number of carbonyl (C=O) groups is 1. The highest BCUT2D eigenvalue weighted by atomic mass is 16.5. The average Bonchev–Trinajstić information content (AvgIpc) is 3.30. The van der Waals surface area contributed by atoms with Gasteiger partial charge in [-0.05, 0) is 50.5 Å². The van der Waals surface area contributed by atoms with Gasteiger partial charge in [0.25, 0.3) is 5.91 Å². The lowest BCUT2D eigenvalue weighted by atomic mass is 10.1. The molecule has 7 heteroatoms. The van der Waals surface area contributed by atoms with Crippen LogP contribution in [-0.4, -0.2) is 27.3 Å². The number of benzene rings is 1. The summed E-state index contributed by atoms with van der Waals surface area (Å²) in [5.74, 6) is 0.909. The molecule has 1 aromatic carbocycles. The van der Waals surface area contributed by atoms with E-state index in [1.165, 1.54) is 5.56 Å². The Bertz CT molecular complexity index is 1240. The number of nitrogens with zero attached hydrogens (tertiary/aromatic N) is 3. The number of aromatic nitrogens is 3. The number of amides is 1. The molecule has 0 radical (unpaired) electrons. The van der Waals surface area contributed by atoms with Gasteiger partial charge in [0.1, 0.15) is 5.69 Å². The Hall–Kier alpha value is -3.61. The Labute approximate surface area is 181 Å². The fourth-order valence-electron chi connectivity index (χ4n) is 3.61. The summed E-state index contributed by atoms with van der Waals surface area (Å²) in [5.41, 5.74) is 5.62. The van der Waals surface area contributed by atoms with Crippen LogP contribution in [0.5, 0.6) is 5.88 Å². The van der Waals surface area contributed by atoms with Gasteiger partial charge >= 0.3 is 0 Å². The van der Waals surface area contributed by atoms with Crippen LogP contribution in [0.3, 0.4) is 0 Å². The van der Waals surface area contributed by atoms with E-state index in [0.717, 1.165) is 33.5 Å². The van der Waals surface area contributed by atoms with Crippen LogP contribution in [0.1, 0.15) is 35.2 Å². The monoisotopic (exact) mass is 418 g/mol. The van der Waals surface area contributed by atoms with E-state index in [1.54, 1.807) is 10.9 Å². The number of aryl methyl sites for hydroxylation is 4. The molecule has 1 amide bonds. The molecular weight excluding hydrogens is 392 g/mol. The normalized spacial score (nSPS) is 12.2. The zero-order chi connectivity index (χ0) is 22.1. The van der Waals surface area contributed by atoms with Gasteiger partial charge in [0.05, 0.1) is 17.7 Å². The van der Waals surface area contributed by atoms with Crippen molar-refractivity contribution in [3.63, 3.8) is 0 Å². The van der Waals surface area contributed by atoms with Crippen LogP contribution in [0.4, 0.5) is 0 Å². The molecular formula is C24H26N4O3. The van der Waals surface area contributed by atoms with Gasteiger partial charge in [0.2, 0.25) is 5.88 Å². The number of carbonyl (C=O) groups excluding carboxylic acids is 1. The Kier molecular flexibility index (Phi) is 5.50. The van der Waals surface area contributed by atoms with E-state index in [2.05, 4.69) is 15.4 Å². The van der Waals surface area contributed by atoms with Gasteiger partial charge in [-0.3, -0.25) is 4.79 Å². The molecule has 0 bridgehead atoms. The molecule has 160 valence electrons. The third-order valence-corrected chi connectivity index (χ3v) is 5.35. The Morgan fingerprint density at radius 1 is 1.16 bits per heavy atom. The first kappa shape index (κ1) is 20.7. The van der Waals surface area contributed by atoms with Crippen LogP contribution >= 0.6 is 0 Å². The van der Waals surface area contributed by atoms with Crippen molar-refractivity contribution in [2.75, 3.05) is 6.61 Å². The topological polar surface area (TPSA) is 82.2 Å². The predicted octanol–water partition coefficient (Wildman–Crippen LogP) is 4.41. The van der Waals surface area contributed by atoms with E-state index in [9.17, 15) is 4.79 Å². The molecule has 0 aliphatic carbocycles. The van der Waals surface area contributed by atoms with Gasteiger partial charge in [-0.2, -0.15) is 10.1 Å². The summed E-state index contributed by atoms with van der Waals surface area (Å²) in [7, 11) is 1.83. The summed E-state index contributed by atoms with van der Waals surface area (Å²) in [6.45, 7) is 7.82. The molecule has 0 aliphatic rings. The zero-order valence-electron chi connectivity index (χ0n) is 18.4. The number of fused-ring (bicyclic) bond motifs is 1. The molecule has 0 fully saturated rings. The maximum atomic E-state index is 12.4. The number of furan rings is 1. The fourth-order valence-corrected chi connectivity index (χ4v) is 3.61. The maximum absolute atomic E-state index is 12.4. The molecule has 7 nitrogen and oxygen atoms in total. The molecule has 1 N–H and O–H groups in total. The minimum absolute atomic E-state index is 0.106. The van der Waals surface area contributed by atoms with E-state index >= 15 is 0 Å². The first-order valence-electron chi connectivity index (χ1n) is 10.2. The number of nitrogens with one attached hydrogen (secondary N) is 1. The molecule has 1 atom stereocenters. The largest absolute Gasteiger partial charge is 0.468 e. The lowest BCUT2D eigenvalue weighted by Gasteiger charge is -2.15. The number of ether oxygens (including phenoxy) is 1. The lowest BCUT2D eigenvalue weighted by molar-refractivity contribution is -0.123. The highest BCUT2D eigenvalue weighted by Gasteiger charge is 2.20. The third kappa shape index (κ3) is 4.17. The molecule has 0 saturated carbocycles. The van der Waals surface area contributed by atoms with Gasteiger partial charge < -0.3 is 14.5 Å². The second kappa shape index (κ2) is 8.26. The molecule has 3 heterocycles. The summed E-state index contributed by atoms with van der Waals surface area (Å²) < 4.78 is 13.0. The first-order valence-corrected chi connectivity index (χ1v) is 10.2. The quantitative estimate of drug-likeness (QED) is 0.502. The minimum Gasteiger partial charge on any atom is -0.468 e. The predicted molar refractivity (Wildman–Crippen MR) is 119 cm³/mol. The van der Waals surface area contributed by atoms with E-state index in [-0.39, 0.29) is 18.6 Å². The summed E-state index contributed by atoms with van der Waals surface area (Å²) >= 11 is 0. The third-order valence-electron chi connectivity index (χ3n) is 5.35. The highest BCUT2D eigenvalue weighted by Crippen LogP contribution is 2.33. The summed E-state index contributed by atoms with van der Waals surface area (Å²) in [4.78, 5) is 17.0. The zero-order valence-corrected chi connectivity index (χ0v) is 18.4. The SMILES string of the molecule is Cc1ccc([C@H](C)NC(=O)COc2cc(C)c3c(-c4occc4C)nn(C)c3n2)cc1. The second-order valence-electron chi connectivity index (χ2n) is 7.87. The molecule has 31 heavy (non-hydrogen) atoms. The van der Waals surface area contributed by atoms with Crippen molar-refractivity contribution in [3.8, 4) is 17.3 Å². The number of rotatable bonds is 6. The van der Waals surface area contributed by atoms with Crippen molar-refractivity contribution < 1.29 is 13.9 Å². The van der Waals surface area contributed by atoms with Crippen molar-refractivity contribution >= 4 is 16.9 Å².